The van der Waals surface area contributed by atoms with E-state index in [1.54, 1.807) is 36.4 Å². The van der Waals surface area contributed by atoms with Crippen LogP contribution in [0.5, 0.6) is 5.75 Å². The summed E-state index contributed by atoms with van der Waals surface area (Å²) in [7, 11) is 1.53. The van der Waals surface area contributed by atoms with Crippen molar-refractivity contribution in [2.45, 2.75) is 39.2 Å². The number of amides is 1. The van der Waals surface area contributed by atoms with Gasteiger partial charge in [-0.15, -0.1) is 0 Å². The van der Waals surface area contributed by atoms with Gasteiger partial charge in [0, 0.05) is 17.3 Å². The lowest BCUT2D eigenvalue weighted by Gasteiger charge is -2.24. The summed E-state index contributed by atoms with van der Waals surface area (Å²) in [4.78, 5) is 27.8. The molecule has 1 fully saturated rings. The number of furan rings is 1. The van der Waals surface area contributed by atoms with Gasteiger partial charge in [-0.2, -0.15) is 0 Å². The molecule has 0 aliphatic carbocycles. The maximum Gasteiger partial charge on any atom is 0.300 e. The fraction of sp³-hybridized carbons (Fsp3) is 0.259. The van der Waals surface area contributed by atoms with E-state index in [9.17, 15) is 14.7 Å². The van der Waals surface area contributed by atoms with E-state index >= 15 is 0 Å². The molecule has 33 heavy (non-hydrogen) atoms. The van der Waals surface area contributed by atoms with E-state index in [1.807, 2.05) is 25.1 Å². The average Bonchev–Trinajstić information content (AvgIpc) is 3.40. The molecule has 3 aromatic rings. The molecule has 0 radical (unpaired) electrons. The van der Waals surface area contributed by atoms with Crippen molar-refractivity contribution in [3.8, 4) is 5.75 Å². The van der Waals surface area contributed by atoms with Gasteiger partial charge >= 0.3 is 0 Å². The van der Waals surface area contributed by atoms with Gasteiger partial charge in [0.25, 0.3) is 11.7 Å². The zero-order valence-electron chi connectivity index (χ0n) is 19.4. The number of hydrogen-bond acceptors (Lipinski definition) is 5. The largest absolute Gasteiger partial charge is 0.507 e. The van der Waals surface area contributed by atoms with Gasteiger partial charge in [-0.1, -0.05) is 39.0 Å². The Balaban J connectivity index is 1.95. The lowest BCUT2D eigenvalue weighted by Crippen LogP contribution is -2.29. The van der Waals surface area contributed by atoms with Gasteiger partial charge in [0.05, 0.1) is 18.9 Å². The van der Waals surface area contributed by atoms with Gasteiger partial charge in [0.2, 0.25) is 0 Å². The smallest absolute Gasteiger partial charge is 0.300 e. The van der Waals surface area contributed by atoms with E-state index in [2.05, 4.69) is 20.8 Å². The first kappa shape index (κ1) is 22.4. The van der Waals surface area contributed by atoms with Gasteiger partial charge in [0.1, 0.15) is 23.3 Å². The number of methoxy groups -OCH3 is 1. The molecule has 2 heterocycles. The quantitative estimate of drug-likeness (QED) is 0.325. The Kier molecular flexibility index (Phi) is 5.62. The third kappa shape index (κ3) is 3.93. The molecule has 1 aliphatic rings. The minimum atomic E-state index is -0.912. The fourth-order valence-electron chi connectivity index (χ4n) is 4.06. The predicted molar refractivity (Wildman–Crippen MR) is 126 cm³/mol. The van der Waals surface area contributed by atoms with Crippen molar-refractivity contribution >= 4 is 23.1 Å². The molecule has 170 valence electrons. The first-order chi connectivity index (χ1) is 15.6. The lowest BCUT2D eigenvalue weighted by atomic mass is 9.84. The topological polar surface area (TPSA) is 80.0 Å². The standard InChI is InChI=1S/C27H27NO5/c1-16-11-12-17(27(2,3)4)14-20(16)24(29)22-23(21-10-7-13-33-21)28(26(31)25(22)30)18-8-6-9-19(15-18)32-5/h6-15,23,29H,1-5H3/b24-22+. The number of hydrogen-bond donors (Lipinski definition) is 1. The Hall–Kier alpha value is -3.80. The van der Waals surface area contributed by atoms with E-state index in [0.717, 1.165) is 11.1 Å². The third-order valence-corrected chi connectivity index (χ3v) is 5.95. The second-order valence-corrected chi connectivity index (χ2v) is 9.17. The van der Waals surface area contributed by atoms with E-state index in [0.29, 0.717) is 22.8 Å². The molecule has 6 nitrogen and oxygen atoms in total. The van der Waals surface area contributed by atoms with Crippen LogP contribution in [0.1, 0.15) is 49.3 Å². The monoisotopic (exact) mass is 445 g/mol. The molecule has 1 aliphatic heterocycles. The van der Waals surface area contributed by atoms with E-state index in [1.165, 1.54) is 18.3 Å². The van der Waals surface area contributed by atoms with Crippen LogP contribution in [0.2, 0.25) is 0 Å². The van der Waals surface area contributed by atoms with E-state index < -0.39 is 17.7 Å². The highest BCUT2D eigenvalue weighted by molar-refractivity contribution is 6.51. The minimum Gasteiger partial charge on any atom is -0.507 e. The van der Waals surface area contributed by atoms with Crippen LogP contribution in [0.3, 0.4) is 0 Å². The maximum absolute atomic E-state index is 13.3. The molecule has 1 N–H and O–H groups in total. The number of aliphatic hydroxyl groups is 1. The lowest BCUT2D eigenvalue weighted by molar-refractivity contribution is -0.132. The van der Waals surface area contributed by atoms with E-state index in [4.69, 9.17) is 9.15 Å². The molecule has 6 heteroatoms. The first-order valence-electron chi connectivity index (χ1n) is 10.7. The number of ketones is 1. The van der Waals surface area contributed by atoms with Crippen LogP contribution in [-0.4, -0.2) is 23.9 Å². The molecule has 0 spiro atoms. The zero-order valence-corrected chi connectivity index (χ0v) is 19.4. The molecular weight excluding hydrogens is 418 g/mol. The molecule has 2 aromatic carbocycles. The van der Waals surface area contributed by atoms with Crippen LogP contribution in [0.4, 0.5) is 5.69 Å². The summed E-state index contributed by atoms with van der Waals surface area (Å²) in [6.07, 6.45) is 1.48. The van der Waals surface area contributed by atoms with Crippen molar-refractivity contribution in [3.05, 3.63) is 88.9 Å². The molecule has 1 unspecified atom stereocenters. The number of carbonyl (C=O) groups is 2. The number of carbonyl (C=O) groups excluding carboxylic acids is 2. The van der Waals surface area contributed by atoms with E-state index in [-0.39, 0.29) is 16.7 Å². The Morgan fingerprint density at radius 2 is 1.82 bits per heavy atom. The number of anilines is 1. The number of nitrogens with zero attached hydrogens (tertiary/aromatic N) is 1. The van der Waals surface area contributed by atoms with Crippen LogP contribution in [-0.2, 0) is 15.0 Å². The average molecular weight is 446 g/mol. The van der Waals surface area contributed by atoms with Gasteiger partial charge in [0.15, 0.2) is 0 Å². The normalized spacial score (nSPS) is 18.1. The Morgan fingerprint density at radius 1 is 1.06 bits per heavy atom. The zero-order chi connectivity index (χ0) is 23.9. The predicted octanol–water partition coefficient (Wildman–Crippen LogP) is 5.52. The van der Waals surface area contributed by atoms with Crippen molar-refractivity contribution in [2.24, 2.45) is 0 Å². The summed E-state index contributed by atoms with van der Waals surface area (Å²) in [5.41, 5.74) is 2.62. The molecular formula is C27H27NO5. The maximum atomic E-state index is 13.3. The van der Waals surface area contributed by atoms with Crippen molar-refractivity contribution in [1.29, 1.82) is 0 Å². The number of benzene rings is 2. The van der Waals surface area contributed by atoms with Crippen LogP contribution in [0.25, 0.3) is 5.76 Å². The van der Waals surface area contributed by atoms with Crippen LogP contribution >= 0.6 is 0 Å². The number of Topliss-reactive ketones (excluding diaryl/α,β-unsaturated/α-hetero) is 1. The summed E-state index contributed by atoms with van der Waals surface area (Å²) < 4.78 is 10.9. The Labute approximate surface area is 193 Å². The second kappa shape index (κ2) is 8.28. The van der Waals surface area contributed by atoms with Gasteiger partial charge in [-0.05, 0) is 53.8 Å². The number of ether oxygens (including phenoxy) is 1. The molecule has 4 rings (SSSR count). The summed E-state index contributed by atoms with van der Waals surface area (Å²) in [6, 6.07) is 15.1. The third-order valence-electron chi connectivity index (χ3n) is 5.95. The second-order valence-electron chi connectivity index (χ2n) is 9.17. The highest BCUT2D eigenvalue weighted by Gasteiger charge is 2.48. The highest BCUT2D eigenvalue weighted by Crippen LogP contribution is 2.43. The Morgan fingerprint density at radius 3 is 2.45 bits per heavy atom. The minimum absolute atomic E-state index is 0.00747. The van der Waals surface area contributed by atoms with Gasteiger partial charge < -0.3 is 14.3 Å². The SMILES string of the molecule is COc1cccc(N2C(=O)C(=O)/C(=C(/O)c3cc(C(C)(C)C)ccc3C)C2c2ccco2)c1. The molecule has 1 amide bonds. The molecule has 1 saturated heterocycles. The molecule has 1 atom stereocenters. The van der Waals surface area contributed by atoms with Crippen LogP contribution < -0.4 is 9.64 Å². The van der Waals surface area contributed by atoms with Gasteiger partial charge in [-0.3, -0.25) is 14.5 Å². The molecule has 0 saturated carbocycles. The summed E-state index contributed by atoms with van der Waals surface area (Å²) in [5.74, 6) is -0.804. The summed E-state index contributed by atoms with van der Waals surface area (Å²) in [5, 5.41) is 11.4. The highest BCUT2D eigenvalue weighted by atomic mass is 16.5. The summed E-state index contributed by atoms with van der Waals surface area (Å²) in [6.45, 7) is 8.09. The van der Waals surface area contributed by atoms with Crippen LogP contribution in [0, 0.1) is 6.92 Å². The van der Waals surface area contributed by atoms with Gasteiger partial charge in [-0.25, -0.2) is 0 Å². The molecule has 0 bridgehead atoms. The van der Waals surface area contributed by atoms with Crippen LogP contribution in [0.15, 0.2) is 70.9 Å². The first-order valence-corrected chi connectivity index (χ1v) is 10.7. The summed E-state index contributed by atoms with van der Waals surface area (Å²) >= 11 is 0. The van der Waals surface area contributed by atoms with Crippen molar-refractivity contribution in [2.75, 3.05) is 12.0 Å². The fourth-order valence-corrected chi connectivity index (χ4v) is 4.06. The number of aryl methyl sites for hydroxylation is 1. The Bertz CT molecular complexity index is 1250. The molecule has 1 aromatic heterocycles. The van der Waals surface area contributed by atoms with Crippen molar-refractivity contribution in [3.63, 3.8) is 0 Å². The number of aliphatic hydroxyl groups excluding tert-OH is 1. The van der Waals surface area contributed by atoms with Crippen molar-refractivity contribution in [1.82, 2.24) is 0 Å². The van der Waals surface area contributed by atoms with Crippen molar-refractivity contribution < 1.29 is 23.8 Å². The number of rotatable bonds is 4.